The van der Waals surface area contributed by atoms with Crippen LogP contribution in [0.4, 0.5) is 4.39 Å². The maximum absolute atomic E-state index is 14.5. The Morgan fingerprint density at radius 3 is 1.69 bits per heavy atom. The van der Waals surface area contributed by atoms with Crippen LogP contribution in [0.15, 0.2) is 103 Å². The summed E-state index contributed by atoms with van der Waals surface area (Å²) in [6.45, 7) is -0.352. The molecule has 2 bridgehead atoms. The Labute approximate surface area is 251 Å². The maximum Gasteiger partial charge on any atom is 0.330 e. The number of alkyl halides is 2. The van der Waals surface area contributed by atoms with Gasteiger partial charge in [-0.1, -0.05) is 97.1 Å². The third-order valence-corrected chi connectivity index (χ3v) is 10.1. The van der Waals surface area contributed by atoms with Crippen molar-refractivity contribution in [2.45, 2.75) is 28.8 Å². The molecule has 0 saturated carbocycles. The van der Waals surface area contributed by atoms with Crippen molar-refractivity contribution in [2.24, 2.45) is 11.8 Å². The van der Waals surface area contributed by atoms with E-state index in [2.05, 4.69) is 0 Å². The van der Waals surface area contributed by atoms with Crippen LogP contribution in [-0.4, -0.2) is 28.7 Å². The van der Waals surface area contributed by atoms with Gasteiger partial charge in [-0.25, -0.2) is 9.18 Å². The van der Waals surface area contributed by atoms with E-state index >= 15 is 0 Å². The van der Waals surface area contributed by atoms with Crippen LogP contribution in [0, 0.1) is 17.7 Å². The molecule has 0 radical (unpaired) electrons. The predicted molar refractivity (Wildman–Crippen MR) is 155 cm³/mol. The van der Waals surface area contributed by atoms with Crippen LogP contribution in [0.5, 0.6) is 0 Å². The van der Waals surface area contributed by atoms with Crippen molar-refractivity contribution in [1.82, 2.24) is 4.90 Å². The third-order valence-electron chi connectivity index (χ3n) is 8.80. The van der Waals surface area contributed by atoms with E-state index in [9.17, 15) is 18.8 Å². The molecule has 0 unspecified atom stereocenters. The fraction of sp³-hybridized carbons (Fsp3) is 0.206. The summed E-state index contributed by atoms with van der Waals surface area (Å²) >= 11 is 15.1. The monoisotopic (exact) mass is 599 g/mol. The minimum Gasteiger partial charge on any atom is -0.459 e. The highest BCUT2D eigenvalue weighted by Crippen LogP contribution is 2.69. The fourth-order valence-corrected chi connectivity index (χ4v) is 8.07. The van der Waals surface area contributed by atoms with E-state index in [1.54, 1.807) is 30.3 Å². The van der Waals surface area contributed by atoms with Gasteiger partial charge in [-0.3, -0.25) is 14.5 Å². The predicted octanol–water partition coefficient (Wildman–Crippen LogP) is 6.07. The molecule has 0 N–H and O–H groups in total. The first-order valence-electron chi connectivity index (χ1n) is 13.7. The number of hydrogen-bond acceptors (Lipinski definition) is 4. The van der Waals surface area contributed by atoms with Gasteiger partial charge in [0.1, 0.15) is 28.2 Å². The van der Waals surface area contributed by atoms with Gasteiger partial charge in [0.2, 0.25) is 11.8 Å². The molecule has 1 heterocycles. The van der Waals surface area contributed by atoms with Crippen LogP contribution in [-0.2, 0) is 41.9 Å². The topological polar surface area (TPSA) is 63.7 Å². The van der Waals surface area contributed by atoms with E-state index < -0.39 is 51.2 Å². The summed E-state index contributed by atoms with van der Waals surface area (Å²) in [5.41, 5.74) is 3.59. The molecule has 4 aromatic rings. The van der Waals surface area contributed by atoms with Crippen molar-refractivity contribution in [2.75, 3.05) is 0 Å². The largest absolute Gasteiger partial charge is 0.459 e. The molecule has 1 saturated heterocycles. The van der Waals surface area contributed by atoms with Crippen LogP contribution in [0.3, 0.4) is 0 Å². The third kappa shape index (κ3) is 3.64. The molecule has 0 spiro atoms. The molecule has 8 rings (SSSR count). The highest BCUT2D eigenvalue weighted by Gasteiger charge is 2.73. The van der Waals surface area contributed by atoms with Gasteiger partial charge in [0.25, 0.3) is 0 Å². The summed E-state index contributed by atoms with van der Waals surface area (Å²) in [6.07, 6.45) is 0.0122. The Balaban J connectivity index is 1.33. The average molecular weight is 600 g/mol. The first kappa shape index (κ1) is 26.9. The van der Waals surface area contributed by atoms with Gasteiger partial charge in [0.15, 0.2) is 0 Å². The number of nitrogens with zero attached hydrogens (tertiary/aromatic N) is 1. The van der Waals surface area contributed by atoms with Gasteiger partial charge < -0.3 is 4.74 Å². The lowest BCUT2D eigenvalue weighted by molar-refractivity contribution is -0.160. The molecule has 3 atom stereocenters. The number of carbonyl (C=O) groups is 3. The van der Waals surface area contributed by atoms with Gasteiger partial charge in [-0.15, -0.1) is 23.2 Å². The second-order valence-electron chi connectivity index (χ2n) is 10.9. The van der Waals surface area contributed by atoms with Crippen LogP contribution in [0.2, 0.25) is 0 Å². The molecule has 42 heavy (non-hydrogen) atoms. The van der Waals surface area contributed by atoms with Crippen molar-refractivity contribution in [1.29, 1.82) is 0 Å². The van der Waals surface area contributed by atoms with Gasteiger partial charge in [-0.2, -0.15) is 0 Å². The molecule has 3 aliphatic carbocycles. The van der Waals surface area contributed by atoms with Crippen molar-refractivity contribution in [3.8, 4) is 0 Å². The Morgan fingerprint density at radius 1 is 0.738 bits per heavy atom. The Bertz CT molecular complexity index is 1640. The molecular weight excluding hydrogens is 576 g/mol. The van der Waals surface area contributed by atoms with Crippen LogP contribution in [0.1, 0.15) is 33.4 Å². The number of rotatable bonds is 6. The van der Waals surface area contributed by atoms with E-state index in [-0.39, 0.29) is 18.6 Å². The molecule has 4 aliphatic rings. The van der Waals surface area contributed by atoms with Gasteiger partial charge in [0.05, 0.1) is 11.8 Å². The number of carbonyl (C=O) groups excluding carboxylic acids is 3. The number of likely N-dealkylation sites (tertiary alicyclic amines) is 1. The van der Waals surface area contributed by atoms with E-state index in [4.69, 9.17) is 27.9 Å². The molecule has 1 fully saturated rings. The number of imide groups is 1. The second-order valence-corrected chi connectivity index (χ2v) is 12.1. The molecule has 2 amide bonds. The van der Waals surface area contributed by atoms with Crippen molar-refractivity contribution >= 4 is 41.0 Å². The maximum atomic E-state index is 14.5. The Kier molecular flexibility index (Phi) is 6.26. The summed E-state index contributed by atoms with van der Waals surface area (Å²) in [6, 6.07) is 28.4. The lowest BCUT2D eigenvalue weighted by Gasteiger charge is -2.54. The van der Waals surface area contributed by atoms with E-state index in [1.165, 1.54) is 18.2 Å². The van der Waals surface area contributed by atoms with E-state index in [0.717, 1.165) is 10.5 Å². The van der Waals surface area contributed by atoms with Crippen molar-refractivity contribution in [3.63, 3.8) is 0 Å². The molecule has 5 nitrogen and oxygen atoms in total. The summed E-state index contributed by atoms with van der Waals surface area (Å²) in [5.74, 6) is -4.62. The minimum absolute atomic E-state index is 0.0122. The number of ether oxygens (including phenoxy) is 1. The average Bonchev–Trinajstić information content (AvgIpc) is 3.29. The van der Waals surface area contributed by atoms with Gasteiger partial charge in [-0.05, 0) is 33.9 Å². The summed E-state index contributed by atoms with van der Waals surface area (Å²) < 4.78 is 19.9. The highest BCUT2D eigenvalue weighted by atomic mass is 35.5. The molecule has 0 aromatic heterocycles. The summed E-state index contributed by atoms with van der Waals surface area (Å²) in [5, 5.41) is 0. The zero-order valence-corrected chi connectivity index (χ0v) is 23.7. The zero-order valence-electron chi connectivity index (χ0n) is 22.2. The smallest absolute Gasteiger partial charge is 0.330 e. The molecule has 1 aliphatic heterocycles. The minimum atomic E-state index is -1.37. The summed E-state index contributed by atoms with van der Waals surface area (Å²) in [7, 11) is 0. The van der Waals surface area contributed by atoms with Crippen molar-refractivity contribution in [3.05, 3.63) is 142 Å². The number of halogens is 3. The molecule has 4 aromatic carbocycles. The second kappa shape index (κ2) is 9.79. The quantitative estimate of drug-likeness (QED) is 0.153. The lowest BCUT2D eigenvalue weighted by Crippen LogP contribution is -2.57. The number of benzene rings is 4. The number of esters is 1. The SMILES string of the molecule is O=C(OCc1ccccc1F)[C@H](Cc1ccccc1)N1C(=O)[C@@H]2[C@@H](C1=O)C1(Cl)c3ccccc3C2(Cl)c2ccccc21. The van der Waals surface area contributed by atoms with Crippen LogP contribution in [0.25, 0.3) is 0 Å². The molecular formula is C34H24Cl2FNO4. The first-order valence-corrected chi connectivity index (χ1v) is 14.4. The molecule has 8 heteroatoms. The number of amides is 2. The fourth-order valence-electron chi connectivity index (χ4n) is 6.97. The highest BCUT2D eigenvalue weighted by molar-refractivity contribution is 6.36. The first-order chi connectivity index (χ1) is 20.3. The van der Waals surface area contributed by atoms with Crippen molar-refractivity contribution < 1.29 is 23.5 Å². The van der Waals surface area contributed by atoms with Crippen LogP contribution < -0.4 is 0 Å². The van der Waals surface area contributed by atoms with E-state index in [0.29, 0.717) is 22.3 Å². The lowest BCUT2D eigenvalue weighted by atomic mass is 9.54. The Hall–Kier alpha value is -4.00. The molecule has 210 valence electrons. The zero-order chi connectivity index (χ0) is 29.2. The van der Waals surface area contributed by atoms with Gasteiger partial charge >= 0.3 is 5.97 Å². The van der Waals surface area contributed by atoms with Gasteiger partial charge in [0, 0.05) is 12.0 Å². The standard InChI is InChI=1S/C34H24Cl2FNO4/c35-33-22-13-5-6-14-23(22)34(36,25-16-8-7-15-24(25)33)29-28(33)30(39)38(31(29)40)27(18-20-10-2-1-3-11-20)32(41)42-19-21-12-4-9-17-26(21)37/h1-17,27-29H,18-19H2/t27-,28-,29-,33?,34?/m0/s1. The summed E-state index contributed by atoms with van der Waals surface area (Å²) in [4.78, 5) is 40.9. The number of hydrogen-bond donors (Lipinski definition) is 0. The van der Waals surface area contributed by atoms with E-state index in [1.807, 2.05) is 54.6 Å². The Morgan fingerprint density at radius 2 is 1.19 bits per heavy atom. The van der Waals surface area contributed by atoms with Crippen LogP contribution >= 0.6 is 23.2 Å². The normalized spacial score (nSPS) is 25.9.